The molecule has 1 heterocycles. The fourth-order valence-corrected chi connectivity index (χ4v) is 3.11. The van der Waals surface area contributed by atoms with Crippen LogP contribution in [-0.2, 0) is 9.59 Å². The van der Waals surface area contributed by atoms with E-state index in [-0.39, 0.29) is 10.1 Å². The van der Waals surface area contributed by atoms with E-state index in [1.165, 1.54) is 19.1 Å². The third kappa shape index (κ3) is 2.83. The maximum atomic E-state index is 12.2. The Labute approximate surface area is 124 Å². The van der Waals surface area contributed by atoms with Gasteiger partial charge in [0.1, 0.15) is 16.1 Å². The lowest BCUT2D eigenvalue weighted by atomic mass is 10.2. The van der Waals surface area contributed by atoms with E-state index >= 15 is 0 Å². The van der Waals surface area contributed by atoms with Crippen LogP contribution < -0.4 is 0 Å². The van der Waals surface area contributed by atoms with E-state index in [9.17, 15) is 14.7 Å². The van der Waals surface area contributed by atoms with E-state index in [2.05, 4.69) is 0 Å². The Morgan fingerprint density at radius 1 is 1.50 bits per heavy atom. The van der Waals surface area contributed by atoms with Crippen molar-refractivity contribution in [1.29, 1.82) is 0 Å². The summed E-state index contributed by atoms with van der Waals surface area (Å²) in [4.78, 5) is 24.6. The van der Waals surface area contributed by atoms with Crippen LogP contribution in [-0.4, -0.2) is 37.4 Å². The van der Waals surface area contributed by atoms with Crippen molar-refractivity contribution in [3.05, 3.63) is 34.7 Å². The number of aliphatic carboxylic acids is 1. The molecule has 0 saturated carbocycles. The minimum atomic E-state index is -1.11. The molecule has 1 saturated heterocycles. The summed E-state index contributed by atoms with van der Waals surface area (Å²) >= 11 is 6.10. The first kappa shape index (κ1) is 14.5. The summed E-state index contributed by atoms with van der Waals surface area (Å²) in [5.74, 6) is -1.45. The molecule has 20 heavy (non-hydrogen) atoms. The Hall–Kier alpha value is -1.86. The number of rotatable bonds is 3. The maximum Gasteiger partial charge on any atom is 0.326 e. The van der Waals surface area contributed by atoms with Crippen LogP contribution in [0.5, 0.6) is 5.75 Å². The fraction of sp³-hybridized carbons (Fsp3) is 0.154. The number of phenols is 1. The average molecular weight is 309 g/mol. The number of carbonyl (C=O) groups is 2. The zero-order valence-corrected chi connectivity index (χ0v) is 12.1. The maximum absolute atomic E-state index is 12.2. The first-order chi connectivity index (χ1) is 9.40. The van der Waals surface area contributed by atoms with Gasteiger partial charge in [0.2, 0.25) is 0 Å². The molecule has 1 fully saturated rings. The predicted molar refractivity (Wildman–Crippen MR) is 80.2 cm³/mol. The van der Waals surface area contributed by atoms with Crippen molar-refractivity contribution >= 4 is 46.3 Å². The van der Waals surface area contributed by atoms with Gasteiger partial charge in [-0.25, -0.2) is 4.79 Å². The Kier molecular flexibility index (Phi) is 4.10. The van der Waals surface area contributed by atoms with Crippen molar-refractivity contribution in [1.82, 2.24) is 4.90 Å². The number of thiocarbonyl (C=S) groups is 1. The summed E-state index contributed by atoms with van der Waals surface area (Å²) in [6, 6.07) is 5.41. The van der Waals surface area contributed by atoms with Crippen LogP contribution in [0.3, 0.4) is 0 Å². The predicted octanol–water partition coefficient (Wildman–Crippen LogP) is 2.07. The molecule has 1 amide bonds. The van der Waals surface area contributed by atoms with Gasteiger partial charge < -0.3 is 10.2 Å². The van der Waals surface area contributed by atoms with Crippen LogP contribution in [0.2, 0.25) is 0 Å². The van der Waals surface area contributed by atoms with E-state index < -0.39 is 17.9 Å². The molecule has 1 unspecified atom stereocenters. The van der Waals surface area contributed by atoms with Crippen LogP contribution in [0.15, 0.2) is 29.2 Å². The lowest BCUT2D eigenvalue weighted by Crippen LogP contribution is -2.41. The number of thioether (sulfide) groups is 1. The number of amides is 1. The number of carboxylic acid groups (broad SMARTS) is 1. The number of carbonyl (C=O) groups excluding carboxylic acids is 1. The summed E-state index contributed by atoms with van der Waals surface area (Å²) in [7, 11) is 0. The van der Waals surface area contributed by atoms with E-state index in [0.29, 0.717) is 10.5 Å². The van der Waals surface area contributed by atoms with Crippen molar-refractivity contribution < 1.29 is 19.8 Å². The number of aromatic hydroxyl groups is 1. The highest BCUT2D eigenvalue weighted by Gasteiger charge is 2.38. The van der Waals surface area contributed by atoms with Gasteiger partial charge in [0.25, 0.3) is 5.91 Å². The van der Waals surface area contributed by atoms with Gasteiger partial charge in [0.15, 0.2) is 0 Å². The quantitative estimate of drug-likeness (QED) is 0.657. The lowest BCUT2D eigenvalue weighted by Gasteiger charge is -2.18. The fourth-order valence-electron chi connectivity index (χ4n) is 1.69. The smallest absolute Gasteiger partial charge is 0.326 e. The summed E-state index contributed by atoms with van der Waals surface area (Å²) in [6.07, 6.45) is 1.58. The van der Waals surface area contributed by atoms with Gasteiger partial charge in [-0.15, -0.1) is 0 Å². The van der Waals surface area contributed by atoms with Crippen molar-refractivity contribution in [2.45, 2.75) is 13.0 Å². The molecule has 1 aromatic carbocycles. The lowest BCUT2D eigenvalue weighted by molar-refractivity contribution is -0.144. The molecule has 1 aliphatic rings. The van der Waals surface area contributed by atoms with Crippen molar-refractivity contribution in [3.8, 4) is 5.75 Å². The molecule has 0 spiro atoms. The number of hydrogen-bond donors (Lipinski definition) is 2. The molecule has 0 aliphatic carbocycles. The normalized spacial score (nSPS) is 18.6. The summed E-state index contributed by atoms with van der Waals surface area (Å²) in [5.41, 5.74) is 0.647. The third-order valence-corrected chi connectivity index (χ3v) is 4.07. The van der Waals surface area contributed by atoms with Crippen LogP contribution in [0.1, 0.15) is 12.5 Å². The van der Waals surface area contributed by atoms with Gasteiger partial charge in [-0.2, -0.15) is 0 Å². The summed E-state index contributed by atoms with van der Waals surface area (Å²) < 4.78 is 0.219. The van der Waals surface area contributed by atoms with Crippen LogP contribution >= 0.6 is 24.0 Å². The topological polar surface area (TPSA) is 77.8 Å². The Morgan fingerprint density at radius 3 is 2.80 bits per heavy atom. The highest BCUT2D eigenvalue weighted by molar-refractivity contribution is 8.26. The molecular weight excluding hydrogens is 298 g/mol. The zero-order chi connectivity index (χ0) is 14.9. The SMILES string of the molecule is CC(C(=O)O)N1C(=O)C(=Cc2cccc(O)c2)SC1=S. The average Bonchev–Trinajstić information content (AvgIpc) is 2.63. The van der Waals surface area contributed by atoms with Crippen LogP contribution in [0.25, 0.3) is 6.08 Å². The Balaban J connectivity index is 2.30. The molecule has 2 N–H and O–H groups in total. The van der Waals surface area contributed by atoms with Crippen molar-refractivity contribution in [3.63, 3.8) is 0 Å². The van der Waals surface area contributed by atoms with Crippen molar-refractivity contribution in [2.75, 3.05) is 0 Å². The molecule has 1 aromatic rings. The molecule has 0 radical (unpaired) electrons. The highest BCUT2D eigenvalue weighted by atomic mass is 32.2. The molecule has 2 rings (SSSR count). The van der Waals surface area contributed by atoms with E-state index in [1.54, 1.807) is 18.2 Å². The van der Waals surface area contributed by atoms with Gasteiger partial charge in [-0.05, 0) is 30.7 Å². The molecule has 0 aromatic heterocycles. The summed E-state index contributed by atoms with van der Waals surface area (Å²) in [5, 5.41) is 18.4. The minimum absolute atomic E-state index is 0.0909. The molecular formula is C13H11NO4S2. The molecule has 5 nitrogen and oxygen atoms in total. The number of nitrogens with zero attached hydrogens (tertiary/aromatic N) is 1. The van der Waals surface area contributed by atoms with Gasteiger partial charge in [0, 0.05) is 0 Å². The van der Waals surface area contributed by atoms with Gasteiger partial charge in [-0.1, -0.05) is 36.1 Å². The molecule has 1 aliphatic heterocycles. The third-order valence-electron chi connectivity index (χ3n) is 2.74. The second-order valence-corrected chi connectivity index (χ2v) is 5.84. The van der Waals surface area contributed by atoms with Crippen molar-refractivity contribution in [2.24, 2.45) is 0 Å². The van der Waals surface area contributed by atoms with Crippen LogP contribution in [0.4, 0.5) is 0 Å². The van der Waals surface area contributed by atoms with Gasteiger partial charge in [0.05, 0.1) is 4.91 Å². The first-order valence-electron chi connectivity index (χ1n) is 5.69. The Morgan fingerprint density at radius 2 is 2.20 bits per heavy atom. The van der Waals surface area contributed by atoms with Gasteiger partial charge >= 0.3 is 5.97 Å². The monoisotopic (exact) mass is 309 g/mol. The van der Waals surface area contributed by atoms with E-state index in [1.807, 2.05) is 0 Å². The highest BCUT2D eigenvalue weighted by Crippen LogP contribution is 2.34. The number of hydrogen-bond acceptors (Lipinski definition) is 5. The standard InChI is InChI=1S/C13H11NO4S2/c1-7(12(17)18)14-11(16)10(20-13(14)19)6-8-3-2-4-9(15)5-8/h2-7,15H,1H3,(H,17,18). The van der Waals surface area contributed by atoms with Gasteiger partial charge in [-0.3, -0.25) is 9.69 Å². The minimum Gasteiger partial charge on any atom is -0.508 e. The summed E-state index contributed by atoms with van der Waals surface area (Å²) in [6.45, 7) is 1.41. The van der Waals surface area contributed by atoms with E-state index in [0.717, 1.165) is 16.7 Å². The largest absolute Gasteiger partial charge is 0.508 e. The zero-order valence-electron chi connectivity index (χ0n) is 10.4. The number of benzene rings is 1. The number of carboxylic acids is 1. The molecule has 0 bridgehead atoms. The first-order valence-corrected chi connectivity index (χ1v) is 6.91. The van der Waals surface area contributed by atoms with E-state index in [4.69, 9.17) is 17.3 Å². The molecule has 7 heteroatoms. The second kappa shape index (κ2) is 5.64. The van der Waals surface area contributed by atoms with Crippen LogP contribution in [0, 0.1) is 0 Å². The molecule has 1 atom stereocenters. The second-order valence-electron chi connectivity index (χ2n) is 4.16. The number of phenolic OH excluding ortho intramolecular Hbond substituents is 1. The molecule has 104 valence electrons. The Bertz CT molecular complexity index is 627.